The van der Waals surface area contributed by atoms with Crippen molar-refractivity contribution < 1.29 is 9.90 Å². The van der Waals surface area contributed by atoms with Crippen LogP contribution in [0.5, 0.6) is 0 Å². The van der Waals surface area contributed by atoms with Crippen LogP contribution in [0.3, 0.4) is 0 Å². The second-order valence-corrected chi connectivity index (χ2v) is 5.77. The Balaban J connectivity index is 3.26. The molecule has 16 heavy (non-hydrogen) atoms. The lowest BCUT2D eigenvalue weighted by atomic mass is 9.94. The van der Waals surface area contributed by atoms with E-state index in [2.05, 4.69) is 0 Å². The quantitative estimate of drug-likeness (QED) is 0.874. The molecule has 1 rings (SSSR count). The fourth-order valence-corrected chi connectivity index (χ4v) is 2.98. The fourth-order valence-electron chi connectivity index (χ4n) is 1.89. The number of aryl methyl sites for hydroxylation is 2. The molecule has 0 heterocycles. The molecular formula is C13H18O2S. The number of hydrogen-bond donors (Lipinski definition) is 1. The predicted octanol–water partition coefficient (Wildman–Crippen LogP) is 3.36. The zero-order valence-corrected chi connectivity index (χ0v) is 11.0. The molecule has 3 heteroatoms. The third-order valence-electron chi connectivity index (χ3n) is 2.74. The van der Waals surface area contributed by atoms with Gasteiger partial charge in [0.2, 0.25) is 0 Å². The van der Waals surface area contributed by atoms with Crippen molar-refractivity contribution in [3.05, 3.63) is 34.9 Å². The van der Waals surface area contributed by atoms with Crippen molar-refractivity contribution in [2.45, 2.75) is 32.4 Å². The van der Waals surface area contributed by atoms with Crippen molar-refractivity contribution in [1.29, 1.82) is 0 Å². The van der Waals surface area contributed by atoms with E-state index in [-0.39, 0.29) is 0 Å². The van der Waals surface area contributed by atoms with Crippen molar-refractivity contribution >= 4 is 17.7 Å². The molecule has 1 unspecified atom stereocenters. The number of hydrogen-bond acceptors (Lipinski definition) is 2. The summed E-state index contributed by atoms with van der Waals surface area (Å²) < 4.78 is -0.841. The van der Waals surface area contributed by atoms with Crippen LogP contribution in [-0.4, -0.2) is 16.8 Å². The van der Waals surface area contributed by atoms with Crippen LogP contribution in [-0.2, 0) is 9.54 Å². The van der Waals surface area contributed by atoms with Gasteiger partial charge in [-0.2, -0.15) is 0 Å². The Morgan fingerprint density at radius 3 is 2.50 bits per heavy atom. The molecule has 2 nitrogen and oxygen atoms in total. The molecule has 88 valence electrons. The summed E-state index contributed by atoms with van der Waals surface area (Å²) in [6, 6.07) is 5.94. The van der Waals surface area contributed by atoms with Crippen molar-refractivity contribution in [2.75, 3.05) is 5.75 Å². The van der Waals surface area contributed by atoms with Gasteiger partial charge in [-0.3, -0.25) is 4.79 Å². The molecular weight excluding hydrogens is 220 g/mol. The average molecular weight is 238 g/mol. The van der Waals surface area contributed by atoms with Crippen LogP contribution in [0.4, 0.5) is 0 Å². The first kappa shape index (κ1) is 13.1. The molecule has 1 aromatic carbocycles. The van der Waals surface area contributed by atoms with Gasteiger partial charge in [-0.1, -0.05) is 30.7 Å². The molecule has 0 spiro atoms. The Kier molecular flexibility index (Phi) is 4.03. The van der Waals surface area contributed by atoms with Gasteiger partial charge in [-0.25, -0.2) is 0 Å². The summed E-state index contributed by atoms with van der Waals surface area (Å²) in [5, 5.41) is 9.39. The highest BCUT2D eigenvalue weighted by Crippen LogP contribution is 2.38. The maximum absolute atomic E-state index is 11.4. The molecule has 1 N–H and O–H groups in total. The SMILES string of the molecule is CCSC(C)(C(=O)O)c1ccc(C)cc1C. The van der Waals surface area contributed by atoms with Crippen LogP contribution in [0.15, 0.2) is 18.2 Å². The summed E-state index contributed by atoms with van der Waals surface area (Å²) in [5.74, 6) is 0.0159. The van der Waals surface area contributed by atoms with Crippen LogP contribution in [0.25, 0.3) is 0 Å². The standard InChI is InChI=1S/C13H18O2S/c1-5-16-13(4,12(14)15)11-7-6-9(2)8-10(11)3/h6-8H,5H2,1-4H3,(H,14,15). The van der Waals surface area contributed by atoms with Crippen LogP contribution in [0.2, 0.25) is 0 Å². The molecule has 0 bridgehead atoms. The van der Waals surface area contributed by atoms with Crippen LogP contribution in [0, 0.1) is 13.8 Å². The number of rotatable bonds is 4. The molecule has 0 saturated carbocycles. The number of carbonyl (C=O) groups is 1. The van der Waals surface area contributed by atoms with Gasteiger partial charge in [0, 0.05) is 0 Å². The van der Waals surface area contributed by atoms with Gasteiger partial charge in [-0.05, 0) is 37.7 Å². The zero-order valence-electron chi connectivity index (χ0n) is 10.2. The van der Waals surface area contributed by atoms with Gasteiger partial charge in [0.05, 0.1) is 0 Å². The van der Waals surface area contributed by atoms with E-state index >= 15 is 0 Å². The van der Waals surface area contributed by atoms with E-state index in [0.29, 0.717) is 0 Å². The van der Waals surface area contributed by atoms with Gasteiger partial charge < -0.3 is 5.11 Å². The van der Waals surface area contributed by atoms with Gasteiger partial charge in [0.15, 0.2) is 0 Å². The van der Waals surface area contributed by atoms with Crippen LogP contribution < -0.4 is 0 Å². The first-order valence-corrected chi connectivity index (χ1v) is 6.35. The lowest BCUT2D eigenvalue weighted by molar-refractivity contribution is -0.139. The third-order valence-corrected chi connectivity index (χ3v) is 4.00. The zero-order chi connectivity index (χ0) is 12.3. The second-order valence-electron chi connectivity index (χ2n) is 4.09. The highest BCUT2D eigenvalue weighted by atomic mass is 32.2. The van der Waals surface area contributed by atoms with Gasteiger partial charge in [0.1, 0.15) is 4.75 Å². The summed E-state index contributed by atoms with van der Waals surface area (Å²) >= 11 is 1.46. The van der Waals surface area contributed by atoms with Crippen molar-refractivity contribution in [1.82, 2.24) is 0 Å². The average Bonchev–Trinajstić information content (AvgIpc) is 2.17. The molecule has 0 aromatic heterocycles. The third kappa shape index (κ3) is 2.40. The predicted molar refractivity (Wildman–Crippen MR) is 69.0 cm³/mol. The second kappa shape index (κ2) is 4.91. The summed E-state index contributed by atoms with van der Waals surface area (Å²) in [5.41, 5.74) is 3.11. The first-order valence-electron chi connectivity index (χ1n) is 5.37. The Morgan fingerprint density at radius 2 is 2.06 bits per heavy atom. The molecule has 1 atom stereocenters. The van der Waals surface area contributed by atoms with E-state index in [9.17, 15) is 9.90 Å². The van der Waals surface area contributed by atoms with Crippen LogP contribution >= 0.6 is 11.8 Å². The summed E-state index contributed by atoms with van der Waals surface area (Å²) in [4.78, 5) is 11.4. The lowest BCUT2D eigenvalue weighted by Gasteiger charge is -2.26. The topological polar surface area (TPSA) is 37.3 Å². The number of benzene rings is 1. The normalized spacial score (nSPS) is 14.5. The van der Waals surface area contributed by atoms with Gasteiger partial charge in [-0.15, -0.1) is 11.8 Å². The summed E-state index contributed by atoms with van der Waals surface area (Å²) in [7, 11) is 0. The minimum absolute atomic E-state index is 0.772. The van der Waals surface area contributed by atoms with E-state index in [1.165, 1.54) is 11.8 Å². The van der Waals surface area contributed by atoms with E-state index in [0.717, 1.165) is 22.4 Å². The summed E-state index contributed by atoms with van der Waals surface area (Å²) in [6.07, 6.45) is 0. The molecule has 1 aromatic rings. The maximum Gasteiger partial charge on any atom is 0.324 e. The van der Waals surface area contributed by atoms with E-state index in [1.807, 2.05) is 39.0 Å². The van der Waals surface area contributed by atoms with Gasteiger partial charge in [0.25, 0.3) is 0 Å². The number of thioether (sulfide) groups is 1. The molecule has 0 fully saturated rings. The monoisotopic (exact) mass is 238 g/mol. The first-order chi connectivity index (χ1) is 7.41. The van der Waals surface area contributed by atoms with E-state index < -0.39 is 10.7 Å². The molecule has 0 aliphatic carbocycles. The minimum atomic E-state index is -0.841. The highest BCUT2D eigenvalue weighted by molar-refractivity contribution is 8.00. The van der Waals surface area contributed by atoms with Crippen molar-refractivity contribution in [3.8, 4) is 0 Å². The molecule has 0 amide bonds. The van der Waals surface area contributed by atoms with Gasteiger partial charge >= 0.3 is 5.97 Å². The van der Waals surface area contributed by atoms with E-state index in [4.69, 9.17) is 0 Å². The van der Waals surface area contributed by atoms with Crippen molar-refractivity contribution in [2.24, 2.45) is 0 Å². The maximum atomic E-state index is 11.4. The number of carboxylic acid groups (broad SMARTS) is 1. The Bertz CT molecular complexity index is 401. The Hall–Kier alpha value is -0.960. The summed E-state index contributed by atoms with van der Waals surface area (Å²) in [6.45, 7) is 7.75. The fraction of sp³-hybridized carbons (Fsp3) is 0.462. The van der Waals surface area contributed by atoms with Crippen molar-refractivity contribution in [3.63, 3.8) is 0 Å². The molecule has 0 saturated heterocycles. The number of aliphatic carboxylic acids is 1. The highest BCUT2D eigenvalue weighted by Gasteiger charge is 2.36. The lowest BCUT2D eigenvalue weighted by Crippen LogP contribution is -2.29. The molecule has 0 aliphatic heterocycles. The smallest absolute Gasteiger partial charge is 0.324 e. The van der Waals surface area contributed by atoms with E-state index in [1.54, 1.807) is 6.92 Å². The Morgan fingerprint density at radius 1 is 1.44 bits per heavy atom. The Labute approximate surface area is 101 Å². The van der Waals surface area contributed by atoms with Crippen LogP contribution in [0.1, 0.15) is 30.5 Å². The largest absolute Gasteiger partial charge is 0.480 e. The molecule has 0 radical (unpaired) electrons. The number of carboxylic acids is 1. The minimum Gasteiger partial charge on any atom is -0.480 e. The molecule has 0 aliphatic rings.